The summed E-state index contributed by atoms with van der Waals surface area (Å²) in [6.45, 7) is 2.13. The third-order valence-electron chi connectivity index (χ3n) is 2.63. The Morgan fingerprint density at radius 3 is 2.76 bits per heavy atom. The maximum absolute atomic E-state index is 12.0. The highest BCUT2D eigenvalue weighted by Crippen LogP contribution is 2.28. The quantitative estimate of drug-likeness (QED) is 0.763. The minimum atomic E-state index is -0.613. The molecule has 1 aromatic heterocycles. The normalized spacial score (nSPS) is 12.0. The van der Waals surface area contributed by atoms with Crippen molar-refractivity contribution in [2.45, 2.75) is 19.6 Å². The van der Waals surface area contributed by atoms with Gasteiger partial charge in [-0.1, -0.05) is 23.2 Å². The van der Waals surface area contributed by atoms with Crippen molar-refractivity contribution < 1.29 is 9.53 Å². The minimum Gasteiger partial charge on any atom is -0.480 e. The van der Waals surface area contributed by atoms with Gasteiger partial charge in [0.25, 0.3) is 5.91 Å². The van der Waals surface area contributed by atoms with Crippen LogP contribution in [0.2, 0.25) is 9.36 Å². The lowest BCUT2D eigenvalue weighted by atomic mass is 10.3. The van der Waals surface area contributed by atoms with Gasteiger partial charge in [-0.25, -0.2) is 0 Å². The number of benzene rings is 1. The fraction of sp³-hybridized carbons (Fsp3) is 0.214. The highest BCUT2D eigenvalue weighted by Gasteiger charge is 2.16. The molecule has 0 aliphatic carbocycles. The van der Waals surface area contributed by atoms with Gasteiger partial charge in [0.15, 0.2) is 6.10 Å². The highest BCUT2D eigenvalue weighted by atomic mass is 79.9. The van der Waals surface area contributed by atoms with Crippen molar-refractivity contribution in [2.75, 3.05) is 0 Å². The van der Waals surface area contributed by atoms with Crippen LogP contribution in [0.5, 0.6) is 5.75 Å². The highest BCUT2D eigenvalue weighted by molar-refractivity contribution is 9.10. The zero-order valence-corrected chi connectivity index (χ0v) is 14.9. The number of ether oxygens (including phenoxy) is 1. The Labute approximate surface area is 145 Å². The number of carbonyl (C=O) groups is 1. The molecular weight excluding hydrogens is 397 g/mol. The Bertz CT molecular complexity index is 648. The molecule has 0 spiro atoms. The first-order valence-corrected chi connectivity index (χ1v) is 8.46. The fourth-order valence-corrected chi connectivity index (χ4v) is 3.38. The largest absolute Gasteiger partial charge is 0.480 e. The molecule has 7 heteroatoms. The third-order valence-corrected chi connectivity index (χ3v) is 4.72. The molecule has 1 unspecified atom stereocenters. The molecule has 1 atom stereocenters. The molecule has 0 fully saturated rings. The van der Waals surface area contributed by atoms with Crippen molar-refractivity contribution in [2.24, 2.45) is 0 Å². The number of hydrogen-bond acceptors (Lipinski definition) is 3. The molecule has 1 N–H and O–H groups in total. The first-order valence-electron chi connectivity index (χ1n) is 6.09. The molecule has 1 amide bonds. The Morgan fingerprint density at radius 1 is 1.38 bits per heavy atom. The molecule has 0 aliphatic heterocycles. The van der Waals surface area contributed by atoms with E-state index >= 15 is 0 Å². The van der Waals surface area contributed by atoms with Gasteiger partial charge in [0.2, 0.25) is 0 Å². The number of rotatable bonds is 5. The van der Waals surface area contributed by atoms with Gasteiger partial charge in [-0.15, -0.1) is 11.3 Å². The summed E-state index contributed by atoms with van der Waals surface area (Å²) >= 11 is 16.5. The smallest absolute Gasteiger partial charge is 0.261 e. The van der Waals surface area contributed by atoms with Gasteiger partial charge in [-0.05, 0) is 53.2 Å². The number of amides is 1. The number of halogens is 3. The molecule has 2 aromatic rings. The van der Waals surface area contributed by atoms with E-state index in [4.69, 9.17) is 27.9 Å². The van der Waals surface area contributed by atoms with Crippen LogP contribution in [0.15, 0.2) is 34.8 Å². The zero-order chi connectivity index (χ0) is 15.4. The van der Waals surface area contributed by atoms with Crippen molar-refractivity contribution in [3.8, 4) is 5.75 Å². The number of carbonyl (C=O) groups excluding carboxylic acids is 1. The first-order chi connectivity index (χ1) is 9.95. The van der Waals surface area contributed by atoms with Crippen molar-refractivity contribution in [1.82, 2.24) is 5.32 Å². The lowest BCUT2D eigenvalue weighted by Gasteiger charge is -2.15. The minimum absolute atomic E-state index is 0.193. The molecule has 0 radical (unpaired) electrons. The van der Waals surface area contributed by atoms with E-state index in [0.29, 0.717) is 26.1 Å². The maximum Gasteiger partial charge on any atom is 0.261 e. The summed E-state index contributed by atoms with van der Waals surface area (Å²) in [4.78, 5) is 13.0. The predicted molar refractivity (Wildman–Crippen MR) is 90.4 cm³/mol. The molecule has 0 aliphatic rings. The predicted octanol–water partition coefficient (Wildman–Crippen LogP) is 4.90. The van der Waals surface area contributed by atoms with Crippen LogP contribution < -0.4 is 10.1 Å². The summed E-state index contributed by atoms with van der Waals surface area (Å²) in [7, 11) is 0. The topological polar surface area (TPSA) is 38.3 Å². The Morgan fingerprint density at radius 2 is 2.14 bits per heavy atom. The van der Waals surface area contributed by atoms with E-state index in [1.807, 2.05) is 6.07 Å². The molecule has 1 aromatic carbocycles. The van der Waals surface area contributed by atoms with Gasteiger partial charge in [0, 0.05) is 9.90 Å². The van der Waals surface area contributed by atoms with Crippen LogP contribution in [0.25, 0.3) is 0 Å². The van der Waals surface area contributed by atoms with Gasteiger partial charge in [-0.3, -0.25) is 4.79 Å². The summed E-state index contributed by atoms with van der Waals surface area (Å²) < 4.78 is 7.03. The Kier molecular flexibility index (Phi) is 5.93. The molecule has 2 rings (SSSR count). The van der Waals surface area contributed by atoms with Gasteiger partial charge in [0.1, 0.15) is 5.75 Å². The SMILES string of the molecule is CC(Oc1ccc(Cl)cc1Br)C(=O)NCc1ccc(Cl)s1. The van der Waals surface area contributed by atoms with Crippen molar-refractivity contribution in [1.29, 1.82) is 0 Å². The molecule has 21 heavy (non-hydrogen) atoms. The molecule has 112 valence electrons. The van der Waals surface area contributed by atoms with Crippen molar-refractivity contribution in [3.05, 3.63) is 49.0 Å². The fourth-order valence-electron chi connectivity index (χ4n) is 1.58. The number of nitrogens with one attached hydrogen (secondary N) is 1. The van der Waals surface area contributed by atoms with Crippen LogP contribution in [-0.2, 0) is 11.3 Å². The monoisotopic (exact) mass is 407 g/mol. The number of thiophene rings is 1. The van der Waals surface area contributed by atoms with Crippen molar-refractivity contribution in [3.63, 3.8) is 0 Å². The van der Waals surface area contributed by atoms with Gasteiger partial charge in [-0.2, -0.15) is 0 Å². The van der Waals surface area contributed by atoms with E-state index in [1.54, 1.807) is 31.2 Å². The first kappa shape index (κ1) is 16.6. The molecule has 0 bridgehead atoms. The summed E-state index contributed by atoms with van der Waals surface area (Å²) in [6, 6.07) is 8.83. The van der Waals surface area contributed by atoms with E-state index in [0.717, 1.165) is 4.88 Å². The van der Waals surface area contributed by atoms with Crippen LogP contribution >= 0.6 is 50.5 Å². The molecule has 1 heterocycles. The van der Waals surface area contributed by atoms with Gasteiger partial charge in [0.05, 0.1) is 15.4 Å². The Balaban J connectivity index is 1.90. The lowest BCUT2D eigenvalue weighted by molar-refractivity contribution is -0.127. The second kappa shape index (κ2) is 7.49. The second-order valence-electron chi connectivity index (χ2n) is 4.26. The van der Waals surface area contributed by atoms with E-state index < -0.39 is 6.10 Å². The standard InChI is InChI=1S/C14H12BrCl2NO2S/c1-8(20-12-4-2-9(16)6-11(12)15)14(19)18-7-10-3-5-13(17)21-10/h2-6,8H,7H2,1H3,(H,18,19). The van der Waals surface area contributed by atoms with E-state index in [2.05, 4.69) is 21.2 Å². The maximum atomic E-state index is 12.0. The summed E-state index contributed by atoms with van der Waals surface area (Å²) in [5.41, 5.74) is 0. The van der Waals surface area contributed by atoms with Crippen LogP contribution in [0.1, 0.15) is 11.8 Å². The van der Waals surface area contributed by atoms with Crippen LogP contribution in [0, 0.1) is 0 Å². The van der Waals surface area contributed by atoms with Crippen LogP contribution in [0.3, 0.4) is 0 Å². The van der Waals surface area contributed by atoms with E-state index in [9.17, 15) is 4.79 Å². The molecular formula is C14H12BrCl2NO2S. The number of hydrogen-bond donors (Lipinski definition) is 1. The third kappa shape index (κ3) is 4.88. The summed E-state index contributed by atoms with van der Waals surface area (Å²) in [5.74, 6) is 0.377. The van der Waals surface area contributed by atoms with Crippen molar-refractivity contribution >= 4 is 56.4 Å². The van der Waals surface area contributed by atoms with E-state index in [-0.39, 0.29) is 5.91 Å². The summed E-state index contributed by atoms with van der Waals surface area (Å²) in [6.07, 6.45) is -0.613. The van der Waals surface area contributed by atoms with Crippen LogP contribution in [-0.4, -0.2) is 12.0 Å². The Hall–Kier alpha value is -0.750. The summed E-state index contributed by atoms with van der Waals surface area (Å²) in [5, 5.41) is 3.41. The molecule has 3 nitrogen and oxygen atoms in total. The van der Waals surface area contributed by atoms with E-state index in [1.165, 1.54) is 11.3 Å². The van der Waals surface area contributed by atoms with Gasteiger partial charge < -0.3 is 10.1 Å². The second-order valence-corrected chi connectivity index (χ2v) is 7.35. The van der Waals surface area contributed by atoms with Crippen LogP contribution in [0.4, 0.5) is 0 Å². The molecule has 0 saturated carbocycles. The molecule has 0 saturated heterocycles. The average Bonchev–Trinajstić information content (AvgIpc) is 2.85. The average molecular weight is 409 g/mol. The van der Waals surface area contributed by atoms with Gasteiger partial charge >= 0.3 is 0 Å². The zero-order valence-electron chi connectivity index (χ0n) is 11.0. The lowest BCUT2D eigenvalue weighted by Crippen LogP contribution is -2.35.